The first-order valence-electron chi connectivity index (χ1n) is 10.2. The van der Waals surface area contributed by atoms with Crippen molar-refractivity contribution in [1.82, 2.24) is 9.58 Å². The third-order valence-electron chi connectivity index (χ3n) is 5.79. The lowest BCUT2D eigenvalue weighted by Crippen LogP contribution is -2.67. The van der Waals surface area contributed by atoms with E-state index in [0.717, 1.165) is 21.0 Å². The van der Waals surface area contributed by atoms with Crippen LogP contribution >= 0.6 is 11.8 Å². The molecule has 160 valence electrons. The number of aromatic hydroxyl groups is 1. The van der Waals surface area contributed by atoms with Gasteiger partial charge in [0.05, 0.1) is 18.9 Å². The highest BCUT2D eigenvalue weighted by Gasteiger charge is 2.44. The largest absolute Gasteiger partial charge is 0.502 e. The van der Waals surface area contributed by atoms with E-state index in [0.29, 0.717) is 19.0 Å². The van der Waals surface area contributed by atoms with Gasteiger partial charge in [-0.3, -0.25) is 9.59 Å². The third-order valence-corrected chi connectivity index (χ3v) is 6.93. The molecule has 1 atom stereocenters. The van der Waals surface area contributed by atoms with Crippen LogP contribution in [0.3, 0.4) is 0 Å². The number of pyridine rings is 1. The highest BCUT2D eigenvalue weighted by Crippen LogP contribution is 2.41. The van der Waals surface area contributed by atoms with Gasteiger partial charge in [-0.2, -0.15) is 0 Å². The Morgan fingerprint density at radius 3 is 2.69 bits per heavy atom. The Labute approximate surface area is 187 Å². The molecule has 1 fully saturated rings. The smallest absolute Gasteiger partial charge is 0.278 e. The van der Waals surface area contributed by atoms with Crippen molar-refractivity contribution in [2.45, 2.75) is 16.0 Å². The molecule has 4 heterocycles. The van der Waals surface area contributed by atoms with E-state index >= 15 is 0 Å². The summed E-state index contributed by atoms with van der Waals surface area (Å²) in [6.45, 7) is 1.01. The number of carbonyl (C=O) groups excluding carboxylic acids is 1. The topological polar surface area (TPSA) is 87.4 Å². The molecular formula is C23H18N4O4S. The number of aliphatic imine (C=N–C) groups is 1. The van der Waals surface area contributed by atoms with Crippen molar-refractivity contribution in [3.8, 4) is 5.75 Å². The minimum atomic E-state index is -0.597. The van der Waals surface area contributed by atoms with Gasteiger partial charge in [0.1, 0.15) is 6.17 Å². The molecule has 9 heteroatoms. The zero-order valence-electron chi connectivity index (χ0n) is 16.8. The Kier molecular flexibility index (Phi) is 4.34. The molecule has 2 aromatic carbocycles. The van der Waals surface area contributed by atoms with E-state index in [9.17, 15) is 14.7 Å². The number of nitrogens with zero attached hydrogens (tertiary/aromatic N) is 4. The number of morpholine rings is 1. The SMILES string of the molecule is O=C1c2c(O)c(=O)ccn2N(C2=Nc3ccccc3Sc3ccccc32)[C@@H]2COCCN12. The van der Waals surface area contributed by atoms with Gasteiger partial charge in [0, 0.05) is 34.2 Å². The molecule has 32 heavy (non-hydrogen) atoms. The molecule has 0 unspecified atom stereocenters. The third kappa shape index (κ3) is 2.78. The number of fused-ring (bicyclic) bond motifs is 4. The van der Waals surface area contributed by atoms with Crippen LogP contribution in [-0.4, -0.2) is 52.3 Å². The molecule has 3 aromatic rings. The maximum atomic E-state index is 13.2. The summed E-state index contributed by atoms with van der Waals surface area (Å²) in [7, 11) is 0. The molecule has 1 aromatic heterocycles. The fourth-order valence-electron chi connectivity index (χ4n) is 4.29. The Bertz CT molecular complexity index is 1350. The first-order chi connectivity index (χ1) is 15.6. The molecule has 0 spiro atoms. The van der Waals surface area contributed by atoms with Crippen molar-refractivity contribution in [1.29, 1.82) is 0 Å². The van der Waals surface area contributed by atoms with Gasteiger partial charge in [-0.05, 0) is 18.2 Å². The van der Waals surface area contributed by atoms with Crippen LogP contribution in [0.15, 0.2) is 80.4 Å². The summed E-state index contributed by atoms with van der Waals surface area (Å²) in [5.74, 6) is -0.359. The first kappa shape index (κ1) is 19.1. The number of rotatable bonds is 0. The first-order valence-corrected chi connectivity index (χ1v) is 11.0. The van der Waals surface area contributed by atoms with Crippen LogP contribution in [0.4, 0.5) is 5.69 Å². The predicted octanol–water partition coefficient (Wildman–Crippen LogP) is 2.55. The number of hydrogen-bond donors (Lipinski definition) is 1. The van der Waals surface area contributed by atoms with Crippen LogP contribution in [0.1, 0.15) is 16.1 Å². The van der Waals surface area contributed by atoms with Crippen molar-refractivity contribution >= 4 is 29.2 Å². The lowest BCUT2D eigenvalue weighted by molar-refractivity contribution is -0.0112. The van der Waals surface area contributed by atoms with E-state index in [1.165, 1.54) is 16.9 Å². The number of benzene rings is 2. The number of aromatic nitrogens is 1. The second-order valence-electron chi connectivity index (χ2n) is 7.62. The summed E-state index contributed by atoms with van der Waals surface area (Å²) in [4.78, 5) is 34.1. The lowest BCUT2D eigenvalue weighted by Gasteiger charge is -2.48. The summed E-state index contributed by atoms with van der Waals surface area (Å²) >= 11 is 1.63. The molecule has 3 aliphatic heterocycles. The summed E-state index contributed by atoms with van der Waals surface area (Å²) in [5.41, 5.74) is 1.02. The van der Waals surface area contributed by atoms with Gasteiger partial charge in [-0.25, -0.2) is 14.7 Å². The molecule has 8 nitrogen and oxygen atoms in total. The fraction of sp³-hybridized carbons (Fsp3) is 0.174. The van der Waals surface area contributed by atoms with Crippen LogP contribution < -0.4 is 10.4 Å². The van der Waals surface area contributed by atoms with Gasteiger partial charge in [-0.1, -0.05) is 42.1 Å². The van der Waals surface area contributed by atoms with Crippen molar-refractivity contribution in [3.63, 3.8) is 0 Å². The van der Waals surface area contributed by atoms with Crippen LogP contribution in [0.5, 0.6) is 5.75 Å². The van der Waals surface area contributed by atoms with Gasteiger partial charge in [0.2, 0.25) is 5.43 Å². The quantitative estimate of drug-likeness (QED) is 0.571. The van der Waals surface area contributed by atoms with E-state index in [1.54, 1.807) is 16.7 Å². The molecule has 0 bridgehead atoms. The number of amidine groups is 1. The monoisotopic (exact) mass is 446 g/mol. The summed E-state index contributed by atoms with van der Waals surface area (Å²) in [6.07, 6.45) is 1.03. The highest BCUT2D eigenvalue weighted by atomic mass is 32.2. The predicted molar refractivity (Wildman–Crippen MR) is 119 cm³/mol. The van der Waals surface area contributed by atoms with E-state index in [2.05, 4.69) is 0 Å². The van der Waals surface area contributed by atoms with Crippen LogP contribution in [0, 0.1) is 0 Å². The molecule has 0 saturated carbocycles. The second-order valence-corrected chi connectivity index (χ2v) is 8.71. The minimum absolute atomic E-state index is 0.0685. The zero-order chi connectivity index (χ0) is 21.8. The van der Waals surface area contributed by atoms with Crippen molar-refractivity contribution in [2.24, 2.45) is 4.99 Å². The van der Waals surface area contributed by atoms with Crippen LogP contribution in [-0.2, 0) is 4.74 Å². The average molecular weight is 446 g/mol. The van der Waals surface area contributed by atoms with Gasteiger partial charge in [0.25, 0.3) is 5.91 Å². The molecule has 1 saturated heterocycles. The number of ether oxygens (including phenoxy) is 1. The number of amides is 1. The van der Waals surface area contributed by atoms with E-state index in [4.69, 9.17) is 9.73 Å². The second kappa shape index (κ2) is 7.25. The Morgan fingerprint density at radius 2 is 1.81 bits per heavy atom. The Morgan fingerprint density at radius 1 is 1.03 bits per heavy atom. The number of carbonyl (C=O) groups is 1. The maximum absolute atomic E-state index is 13.2. The molecule has 3 aliphatic rings. The average Bonchev–Trinajstić information content (AvgIpc) is 2.98. The molecule has 6 rings (SSSR count). The van der Waals surface area contributed by atoms with E-state index in [1.807, 2.05) is 53.5 Å². The maximum Gasteiger partial charge on any atom is 0.278 e. The normalized spacial score (nSPS) is 19.3. The molecule has 0 radical (unpaired) electrons. The fourth-order valence-corrected chi connectivity index (χ4v) is 5.31. The van der Waals surface area contributed by atoms with E-state index < -0.39 is 23.3 Å². The number of para-hydroxylation sites is 1. The van der Waals surface area contributed by atoms with Crippen molar-refractivity contribution in [3.05, 3.63) is 82.3 Å². The summed E-state index contributed by atoms with van der Waals surface area (Å²) < 4.78 is 7.26. The molecule has 1 amide bonds. The standard InChI is InChI=1S/C23H18N4O4S/c28-16-9-10-26-20(21(16)29)23(30)25-11-12-31-13-19(25)27(26)22-14-5-1-3-7-17(14)32-18-8-4-2-6-15(18)24-22/h1-10,19,29H,11-13H2/t19-/m1/s1. The molecule has 1 N–H and O–H groups in total. The van der Waals surface area contributed by atoms with Crippen LogP contribution in [0.25, 0.3) is 0 Å². The lowest BCUT2D eigenvalue weighted by atomic mass is 10.1. The van der Waals surface area contributed by atoms with E-state index in [-0.39, 0.29) is 12.3 Å². The molecule has 0 aliphatic carbocycles. The van der Waals surface area contributed by atoms with Crippen molar-refractivity contribution in [2.75, 3.05) is 24.8 Å². The highest BCUT2D eigenvalue weighted by molar-refractivity contribution is 7.99. The minimum Gasteiger partial charge on any atom is -0.502 e. The van der Waals surface area contributed by atoms with Crippen LogP contribution in [0.2, 0.25) is 0 Å². The van der Waals surface area contributed by atoms with Gasteiger partial charge < -0.3 is 14.7 Å². The number of hydrogen-bond acceptors (Lipinski definition) is 7. The van der Waals surface area contributed by atoms with Gasteiger partial charge in [-0.15, -0.1) is 0 Å². The van der Waals surface area contributed by atoms with Crippen molar-refractivity contribution < 1.29 is 14.6 Å². The van der Waals surface area contributed by atoms with Gasteiger partial charge >= 0.3 is 0 Å². The zero-order valence-corrected chi connectivity index (χ0v) is 17.7. The Hall–Kier alpha value is -3.56. The summed E-state index contributed by atoms with van der Waals surface area (Å²) in [5, 5.41) is 12.4. The molecular weight excluding hydrogens is 428 g/mol. The Balaban J connectivity index is 1.65. The van der Waals surface area contributed by atoms with Gasteiger partial charge in [0.15, 0.2) is 17.3 Å². The summed E-state index contributed by atoms with van der Waals surface area (Å²) in [6, 6.07) is 17.1.